The summed E-state index contributed by atoms with van der Waals surface area (Å²) in [5.74, 6) is -0.758. The molecular weight excluding hydrogens is 259 g/mol. The minimum absolute atomic E-state index is 0.0713. The van der Waals surface area contributed by atoms with E-state index >= 15 is 0 Å². The number of anilines is 1. The summed E-state index contributed by atoms with van der Waals surface area (Å²) in [6, 6.07) is 1.52. The van der Waals surface area contributed by atoms with Crippen molar-refractivity contribution >= 4 is 11.7 Å². The van der Waals surface area contributed by atoms with Gasteiger partial charge in [-0.15, -0.1) is 0 Å². The van der Waals surface area contributed by atoms with Gasteiger partial charge in [-0.25, -0.2) is 9.37 Å². The van der Waals surface area contributed by atoms with E-state index in [2.05, 4.69) is 16.8 Å². The molecule has 0 aliphatic carbocycles. The van der Waals surface area contributed by atoms with Crippen LogP contribution in [0.5, 0.6) is 0 Å². The number of likely N-dealkylation sites (tertiary alicyclic amines) is 1. The molecule has 0 spiro atoms. The van der Waals surface area contributed by atoms with Crippen molar-refractivity contribution in [1.29, 1.82) is 0 Å². The highest BCUT2D eigenvalue weighted by molar-refractivity contribution is 5.98. The monoisotopic (exact) mass is 280 g/mol. The zero-order chi connectivity index (χ0) is 14.7. The number of nitrogens with zero attached hydrogens (tertiary/aromatic N) is 3. The molecule has 1 unspecified atom stereocenters. The molecule has 110 valence electrons. The smallest absolute Gasteiger partial charge is 0.257 e. The van der Waals surface area contributed by atoms with Crippen molar-refractivity contribution in [3.63, 3.8) is 0 Å². The third-order valence-electron chi connectivity index (χ3n) is 3.85. The topological polar surface area (TPSA) is 62.5 Å². The number of halogens is 1. The number of carbonyl (C=O) groups excluding carboxylic acids is 1. The van der Waals surface area contributed by atoms with Gasteiger partial charge in [0, 0.05) is 19.6 Å². The number of hydrogen-bond donors (Lipinski definition) is 1. The number of amides is 1. The maximum absolute atomic E-state index is 13.2. The lowest BCUT2D eigenvalue weighted by molar-refractivity contribution is 0.0755. The number of nitrogen functional groups attached to an aromatic ring is 1. The van der Waals surface area contributed by atoms with Gasteiger partial charge in [-0.2, -0.15) is 0 Å². The van der Waals surface area contributed by atoms with Gasteiger partial charge in [0.2, 0.25) is 0 Å². The van der Waals surface area contributed by atoms with E-state index in [1.165, 1.54) is 0 Å². The molecule has 1 aromatic heterocycles. The normalized spacial score (nSPS) is 19.2. The van der Waals surface area contributed by atoms with Gasteiger partial charge in [0.25, 0.3) is 5.91 Å². The number of aromatic nitrogens is 1. The fourth-order valence-electron chi connectivity index (χ4n) is 2.74. The first kappa shape index (κ1) is 14.7. The zero-order valence-electron chi connectivity index (χ0n) is 12.0. The Kier molecular flexibility index (Phi) is 4.54. The lowest BCUT2D eigenvalue weighted by Crippen LogP contribution is -2.41. The predicted octanol–water partition coefficient (Wildman–Crippen LogP) is 1.36. The van der Waals surface area contributed by atoms with Crippen LogP contribution in [-0.2, 0) is 0 Å². The van der Waals surface area contributed by atoms with Gasteiger partial charge in [0.05, 0.1) is 11.8 Å². The van der Waals surface area contributed by atoms with Gasteiger partial charge in [0.1, 0.15) is 11.6 Å². The minimum atomic E-state index is -0.549. The zero-order valence-corrected chi connectivity index (χ0v) is 12.0. The van der Waals surface area contributed by atoms with Crippen molar-refractivity contribution < 1.29 is 9.18 Å². The predicted molar refractivity (Wildman–Crippen MR) is 75.8 cm³/mol. The molecule has 0 bridgehead atoms. The van der Waals surface area contributed by atoms with Crippen molar-refractivity contribution in [3.8, 4) is 0 Å². The van der Waals surface area contributed by atoms with Crippen LogP contribution in [0.2, 0.25) is 0 Å². The second-order valence-electron chi connectivity index (χ2n) is 5.20. The van der Waals surface area contributed by atoms with Crippen LogP contribution in [0.1, 0.15) is 30.1 Å². The minimum Gasteiger partial charge on any atom is -0.383 e. The van der Waals surface area contributed by atoms with Crippen LogP contribution >= 0.6 is 0 Å². The third-order valence-corrected chi connectivity index (χ3v) is 3.85. The molecule has 1 atom stereocenters. The van der Waals surface area contributed by atoms with E-state index in [1.807, 2.05) is 0 Å². The first-order valence-electron chi connectivity index (χ1n) is 6.93. The highest BCUT2D eigenvalue weighted by atomic mass is 19.1. The molecule has 6 heteroatoms. The van der Waals surface area contributed by atoms with Crippen LogP contribution in [0.3, 0.4) is 0 Å². The second kappa shape index (κ2) is 6.17. The number of likely N-dealkylation sites (N-methyl/N-ethyl adjacent to an activating group) is 2. The molecular formula is C14H21FN4O. The Balaban J connectivity index is 2.07. The molecule has 1 aromatic rings. The van der Waals surface area contributed by atoms with Crippen molar-refractivity contribution in [2.24, 2.45) is 0 Å². The van der Waals surface area contributed by atoms with Crippen LogP contribution < -0.4 is 5.73 Å². The highest BCUT2D eigenvalue weighted by Crippen LogP contribution is 2.19. The molecule has 0 saturated carbocycles. The van der Waals surface area contributed by atoms with E-state index in [9.17, 15) is 9.18 Å². The van der Waals surface area contributed by atoms with Crippen molar-refractivity contribution in [2.45, 2.75) is 25.8 Å². The van der Waals surface area contributed by atoms with Gasteiger partial charge >= 0.3 is 0 Å². The average Bonchev–Trinajstić information content (AvgIpc) is 2.87. The molecule has 2 N–H and O–H groups in total. The van der Waals surface area contributed by atoms with Gasteiger partial charge in [0.15, 0.2) is 0 Å². The average molecular weight is 280 g/mol. The van der Waals surface area contributed by atoms with Gasteiger partial charge in [-0.3, -0.25) is 9.69 Å². The molecule has 1 amide bonds. The molecule has 1 fully saturated rings. The number of nitrogens with two attached hydrogens (primary N) is 1. The van der Waals surface area contributed by atoms with E-state index in [0.717, 1.165) is 38.2 Å². The number of rotatable bonds is 4. The van der Waals surface area contributed by atoms with E-state index in [1.54, 1.807) is 11.9 Å². The fourth-order valence-corrected chi connectivity index (χ4v) is 2.74. The first-order chi connectivity index (χ1) is 9.52. The Bertz CT molecular complexity index is 494. The highest BCUT2D eigenvalue weighted by Gasteiger charge is 2.26. The quantitative estimate of drug-likeness (QED) is 0.904. The summed E-state index contributed by atoms with van der Waals surface area (Å²) < 4.78 is 13.2. The number of hydrogen-bond acceptors (Lipinski definition) is 4. The molecule has 5 nitrogen and oxygen atoms in total. The van der Waals surface area contributed by atoms with Crippen LogP contribution in [0, 0.1) is 5.82 Å². The Labute approximate surface area is 118 Å². The van der Waals surface area contributed by atoms with E-state index in [-0.39, 0.29) is 17.3 Å². The Morgan fingerprint density at radius 1 is 1.65 bits per heavy atom. The molecule has 0 aromatic carbocycles. The van der Waals surface area contributed by atoms with Crippen LogP contribution in [0.25, 0.3) is 0 Å². The summed E-state index contributed by atoms with van der Waals surface area (Å²) in [7, 11) is 1.72. The van der Waals surface area contributed by atoms with Crippen molar-refractivity contribution in [3.05, 3.63) is 23.6 Å². The van der Waals surface area contributed by atoms with Crippen LogP contribution in [0.4, 0.5) is 10.2 Å². The Hall–Kier alpha value is -1.69. The fraction of sp³-hybridized carbons (Fsp3) is 0.571. The second-order valence-corrected chi connectivity index (χ2v) is 5.20. The van der Waals surface area contributed by atoms with Crippen LogP contribution in [-0.4, -0.2) is 53.4 Å². The molecule has 20 heavy (non-hydrogen) atoms. The van der Waals surface area contributed by atoms with Gasteiger partial charge < -0.3 is 10.6 Å². The van der Waals surface area contributed by atoms with Crippen LogP contribution in [0.15, 0.2) is 12.3 Å². The maximum Gasteiger partial charge on any atom is 0.257 e. The van der Waals surface area contributed by atoms with E-state index in [4.69, 9.17) is 5.73 Å². The molecule has 0 radical (unpaired) electrons. The Morgan fingerprint density at radius 2 is 2.40 bits per heavy atom. The largest absolute Gasteiger partial charge is 0.383 e. The first-order valence-corrected chi connectivity index (χ1v) is 6.93. The molecule has 2 heterocycles. The van der Waals surface area contributed by atoms with Gasteiger partial charge in [-0.05, 0) is 32.0 Å². The Morgan fingerprint density at radius 3 is 3.10 bits per heavy atom. The lowest BCUT2D eigenvalue weighted by Gasteiger charge is -2.28. The van der Waals surface area contributed by atoms with Crippen molar-refractivity contribution in [2.75, 3.05) is 32.4 Å². The summed E-state index contributed by atoms with van der Waals surface area (Å²) in [5, 5.41) is 0. The molecule has 1 aliphatic rings. The van der Waals surface area contributed by atoms with Crippen molar-refractivity contribution in [1.82, 2.24) is 14.8 Å². The molecule has 2 rings (SSSR count). The SMILES string of the molecule is CCN1CCCC1CN(C)C(=O)c1cc(F)cnc1N. The van der Waals surface area contributed by atoms with Gasteiger partial charge in [-0.1, -0.05) is 6.92 Å². The third kappa shape index (κ3) is 3.07. The summed E-state index contributed by atoms with van der Waals surface area (Å²) in [6.07, 6.45) is 3.26. The van der Waals surface area contributed by atoms with E-state index < -0.39 is 5.82 Å². The standard InChI is InChI=1S/C14H21FN4O/c1-3-19-6-4-5-11(19)9-18(2)14(20)12-7-10(15)8-17-13(12)16/h7-8,11H,3-6,9H2,1-2H3,(H2,16,17). The molecule has 1 aliphatic heterocycles. The number of carbonyl (C=O) groups is 1. The number of pyridine rings is 1. The lowest BCUT2D eigenvalue weighted by atomic mass is 10.1. The molecule has 1 saturated heterocycles. The summed E-state index contributed by atoms with van der Waals surface area (Å²) >= 11 is 0. The maximum atomic E-state index is 13.2. The van der Waals surface area contributed by atoms with E-state index in [0.29, 0.717) is 12.6 Å². The summed E-state index contributed by atoms with van der Waals surface area (Å²) in [5.41, 5.74) is 5.79. The summed E-state index contributed by atoms with van der Waals surface area (Å²) in [4.78, 5) is 20.0. The summed E-state index contributed by atoms with van der Waals surface area (Å²) in [6.45, 7) is 4.81.